The monoisotopic (exact) mass is 283 g/mol. The highest BCUT2D eigenvalue weighted by atomic mass is 16.6. The van der Waals surface area contributed by atoms with Gasteiger partial charge in [-0.15, -0.1) is 0 Å². The maximum absolute atomic E-state index is 11.6. The fraction of sp³-hybridized carbons (Fsp3) is 0.733. The van der Waals surface area contributed by atoms with E-state index in [0.29, 0.717) is 12.8 Å². The summed E-state index contributed by atoms with van der Waals surface area (Å²) in [6.45, 7) is 5.24. The van der Waals surface area contributed by atoms with Crippen molar-refractivity contribution in [3.8, 4) is 0 Å². The van der Waals surface area contributed by atoms with Gasteiger partial charge in [0.15, 0.2) is 0 Å². The molecule has 20 heavy (non-hydrogen) atoms. The predicted molar refractivity (Wildman–Crippen MR) is 76.6 cm³/mol. The van der Waals surface area contributed by atoms with Crippen LogP contribution in [0.5, 0.6) is 0 Å². The Morgan fingerprint density at radius 3 is 2.60 bits per heavy atom. The van der Waals surface area contributed by atoms with Crippen molar-refractivity contribution >= 4 is 12.1 Å². The highest BCUT2D eigenvalue weighted by Crippen LogP contribution is 2.22. The van der Waals surface area contributed by atoms with Crippen molar-refractivity contribution < 1.29 is 19.4 Å². The minimum absolute atomic E-state index is 0.403. The fourth-order valence-corrected chi connectivity index (χ4v) is 2.17. The van der Waals surface area contributed by atoms with Crippen LogP contribution in [-0.4, -0.2) is 28.8 Å². The van der Waals surface area contributed by atoms with Crippen molar-refractivity contribution in [3.05, 3.63) is 11.6 Å². The molecule has 114 valence electrons. The third kappa shape index (κ3) is 6.59. The Bertz CT molecular complexity index is 382. The van der Waals surface area contributed by atoms with Gasteiger partial charge in [-0.1, -0.05) is 11.6 Å². The first-order chi connectivity index (χ1) is 9.28. The smallest absolute Gasteiger partial charge is 0.408 e. The zero-order valence-corrected chi connectivity index (χ0v) is 12.6. The van der Waals surface area contributed by atoms with Crippen LogP contribution in [0.15, 0.2) is 11.6 Å². The molecule has 0 aromatic heterocycles. The second-order valence-electron chi connectivity index (χ2n) is 6.18. The van der Waals surface area contributed by atoms with Crippen molar-refractivity contribution in [1.29, 1.82) is 0 Å². The van der Waals surface area contributed by atoms with Gasteiger partial charge < -0.3 is 15.2 Å². The molecule has 1 aliphatic rings. The molecule has 0 radical (unpaired) electrons. The molecule has 1 unspecified atom stereocenters. The van der Waals surface area contributed by atoms with Gasteiger partial charge in [-0.25, -0.2) is 9.59 Å². The Hall–Kier alpha value is -1.52. The topological polar surface area (TPSA) is 75.6 Å². The number of ether oxygens (including phenoxy) is 1. The molecule has 5 nitrogen and oxygen atoms in total. The molecule has 0 saturated heterocycles. The molecule has 0 spiro atoms. The fourth-order valence-electron chi connectivity index (χ4n) is 2.17. The van der Waals surface area contributed by atoms with E-state index in [-0.39, 0.29) is 0 Å². The van der Waals surface area contributed by atoms with Crippen LogP contribution in [0.1, 0.15) is 59.3 Å². The molecule has 0 bridgehead atoms. The number of hydrogen-bond donors (Lipinski definition) is 2. The lowest BCUT2D eigenvalue weighted by atomic mass is 9.94. The van der Waals surface area contributed by atoms with Crippen LogP contribution in [0, 0.1) is 0 Å². The molecule has 1 aliphatic carbocycles. The first-order valence-electron chi connectivity index (χ1n) is 7.18. The highest BCUT2D eigenvalue weighted by Gasteiger charge is 2.24. The molecule has 2 N–H and O–H groups in total. The lowest BCUT2D eigenvalue weighted by Crippen LogP contribution is -2.43. The van der Waals surface area contributed by atoms with Gasteiger partial charge in [0, 0.05) is 0 Å². The second-order valence-corrected chi connectivity index (χ2v) is 6.18. The molecule has 1 amide bonds. The lowest BCUT2D eigenvalue weighted by Gasteiger charge is -2.22. The number of amides is 1. The molecule has 1 atom stereocenters. The number of carbonyl (C=O) groups excluding carboxylic acids is 1. The summed E-state index contributed by atoms with van der Waals surface area (Å²) in [7, 11) is 0. The van der Waals surface area contributed by atoms with Gasteiger partial charge in [-0.2, -0.15) is 0 Å². The summed E-state index contributed by atoms with van der Waals surface area (Å²) in [6.07, 6.45) is 7.13. The Labute approximate surface area is 120 Å². The summed E-state index contributed by atoms with van der Waals surface area (Å²) >= 11 is 0. The summed E-state index contributed by atoms with van der Waals surface area (Å²) in [5, 5.41) is 11.6. The van der Waals surface area contributed by atoms with Gasteiger partial charge in [0.2, 0.25) is 0 Å². The van der Waals surface area contributed by atoms with Crippen LogP contribution in [0.25, 0.3) is 0 Å². The molecule has 5 heteroatoms. The maximum Gasteiger partial charge on any atom is 0.408 e. The molecule has 0 heterocycles. The van der Waals surface area contributed by atoms with Crippen molar-refractivity contribution in [2.45, 2.75) is 70.9 Å². The number of carbonyl (C=O) groups is 2. The van der Waals surface area contributed by atoms with Gasteiger partial charge in [-0.05, 0) is 59.3 Å². The number of rotatable bonds is 5. The number of carboxylic acids is 1. The highest BCUT2D eigenvalue weighted by molar-refractivity contribution is 5.80. The molecule has 0 aromatic rings. The Morgan fingerprint density at radius 1 is 1.40 bits per heavy atom. The van der Waals surface area contributed by atoms with E-state index in [2.05, 4.69) is 11.4 Å². The summed E-state index contributed by atoms with van der Waals surface area (Å²) in [5.41, 5.74) is 0.674. The molecule has 0 aliphatic heterocycles. The van der Waals surface area contributed by atoms with Crippen molar-refractivity contribution in [3.63, 3.8) is 0 Å². The molecule has 0 aromatic carbocycles. The zero-order valence-electron chi connectivity index (χ0n) is 12.6. The van der Waals surface area contributed by atoms with Crippen LogP contribution >= 0.6 is 0 Å². The van der Waals surface area contributed by atoms with E-state index in [1.54, 1.807) is 20.8 Å². The Morgan fingerprint density at radius 2 is 2.10 bits per heavy atom. The van der Waals surface area contributed by atoms with Gasteiger partial charge in [0.1, 0.15) is 11.6 Å². The van der Waals surface area contributed by atoms with Crippen LogP contribution in [0.2, 0.25) is 0 Å². The summed E-state index contributed by atoms with van der Waals surface area (Å²) in [4.78, 5) is 22.8. The quantitative estimate of drug-likeness (QED) is 0.759. The number of aliphatic carboxylic acids is 1. The van der Waals surface area contributed by atoms with Gasteiger partial charge in [0.25, 0.3) is 0 Å². The number of hydrogen-bond acceptors (Lipinski definition) is 3. The zero-order chi connectivity index (χ0) is 15.2. The molecular formula is C15H25NO4. The first kappa shape index (κ1) is 16.5. The van der Waals surface area contributed by atoms with Crippen molar-refractivity contribution in [1.82, 2.24) is 5.32 Å². The lowest BCUT2D eigenvalue weighted by molar-refractivity contribution is -0.139. The molecule has 1 rings (SSSR count). The normalized spacial score (nSPS) is 17.1. The van der Waals surface area contributed by atoms with E-state index in [0.717, 1.165) is 12.8 Å². The number of alkyl carbamates (subject to hydrolysis) is 1. The van der Waals surface area contributed by atoms with E-state index < -0.39 is 23.7 Å². The van der Waals surface area contributed by atoms with Crippen LogP contribution < -0.4 is 5.32 Å². The SMILES string of the molecule is CC(C)(C)OC(=O)NC(CCC1=CCCCC1)C(=O)O. The summed E-state index contributed by atoms with van der Waals surface area (Å²) in [5.74, 6) is -1.02. The van der Waals surface area contributed by atoms with E-state index >= 15 is 0 Å². The van der Waals surface area contributed by atoms with Crippen LogP contribution in [0.3, 0.4) is 0 Å². The average Bonchev–Trinajstić information content (AvgIpc) is 2.33. The van der Waals surface area contributed by atoms with Gasteiger partial charge >= 0.3 is 12.1 Å². The largest absolute Gasteiger partial charge is 0.480 e. The summed E-state index contributed by atoms with van der Waals surface area (Å²) in [6, 6.07) is -0.896. The standard InChI is InChI=1S/C15H25NO4/c1-15(2,3)20-14(19)16-12(13(17)18)10-9-11-7-5-4-6-8-11/h7,12H,4-6,8-10H2,1-3H3,(H,16,19)(H,17,18). The van der Waals surface area contributed by atoms with E-state index in [9.17, 15) is 9.59 Å². The van der Waals surface area contributed by atoms with Crippen LogP contribution in [-0.2, 0) is 9.53 Å². The number of carboxylic acid groups (broad SMARTS) is 1. The number of allylic oxidation sites excluding steroid dienone is 2. The van der Waals surface area contributed by atoms with E-state index in [1.165, 1.54) is 18.4 Å². The minimum atomic E-state index is -1.02. The Kier molecular flexibility index (Phi) is 6.05. The third-order valence-electron chi connectivity index (χ3n) is 3.13. The van der Waals surface area contributed by atoms with Crippen molar-refractivity contribution in [2.24, 2.45) is 0 Å². The van der Waals surface area contributed by atoms with Crippen molar-refractivity contribution in [2.75, 3.05) is 0 Å². The predicted octanol–water partition coefficient (Wildman–Crippen LogP) is 3.24. The minimum Gasteiger partial charge on any atom is -0.480 e. The first-order valence-corrected chi connectivity index (χ1v) is 7.18. The number of nitrogens with one attached hydrogen (secondary N) is 1. The van der Waals surface area contributed by atoms with E-state index in [4.69, 9.17) is 9.84 Å². The Balaban J connectivity index is 2.46. The van der Waals surface area contributed by atoms with Crippen LogP contribution in [0.4, 0.5) is 4.79 Å². The molecule has 0 saturated carbocycles. The third-order valence-corrected chi connectivity index (χ3v) is 3.13. The van der Waals surface area contributed by atoms with E-state index in [1.807, 2.05) is 0 Å². The molecule has 0 fully saturated rings. The summed E-state index contributed by atoms with van der Waals surface area (Å²) < 4.78 is 5.08. The van der Waals surface area contributed by atoms with Gasteiger partial charge in [-0.3, -0.25) is 0 Å². The van der Waals surface area contributed by atoms with Gasteiger partial charge in [0.05, 0.1) is 0 Å². The average molecular weight is 283 g/mol. The molecular weight excluding hydrogens is 258 g/mol. The second kappa shape index (κ2) is 7.31. The maximum atomic E-state index is 11.6.